The Bertz CT molecular complexity index is 1480. The van der Waals surface area contributed by atoms with Gasteiger partial charge in [0.1, 0.15) is 11.3 Å². The third-order valence-electron chi connectivity index (χ3n) is 6.10. The molecule has 0 spiro atoms. The molecule has 0 unspecified atom stereocenters. The standard InChI is InChI=1S/C26H28N2O9S/c1-34-18-6-8-19(9-7-18)38(32,33)28(10-12-29)11-13-35-24-15-17(14-23(37-24)26(27)31)21-16-36-22-5-3-2-4-20(22)25(21)30/h2-9,14,16-17,24,29H,10-13,15H2,1H3,(H2,27,31)/t17-,24+/m1/s1. The normalized spacial score (nSPS) is 17.7. The average molecular weight is 545 g/mol. The van der Waals surface area contributed by atoms with Gasteiger partial charge in [-0.2, -0.15) is 4.31 Å². The summed E-state index contributed by atoms with van der Waals surface area (Å²) in [6, 6.07) is 12.7. The third kappa shape index (κ3) is 5.89. The highest BCUT2D eigenvalue weighted by molar-refractivity contribution is 7.89. The molecule has 3 aromatic rings. The molecule has 0 radical (unpaired) electrons. The van der Waals surface area contributed by atoms with Crippen LogP contribution in [0.1, 0.15) is 17.9 Å². The van der Waals surface area contributed by atoms with E-state index in [4.69, 9.17) is 24.4 Å². The first-order chi connectivity index (χ1) is 18.2. The van der Waals surface area contributed by atoms with Crippen LogP contribution in [0.2, 0.25) is 0 Å². The smallest absolute Gasteiger partial charge is 0.283 e. The van der Waals surface area contributed by atoms with Crippen molar-refractivity contribution >= 4 is 26.9 Å². The predicted molar refractivity (Wildman–Crippen MR) is 137 cm³/mol. The number of rotatable bonds is 11. The van der Waals surface area contributed by atoms with Crippen molar-refractivity contribution in [2.24, 2.45) is 5.73 Å². The van der Waals surface area contributed by atoms with Gasteiger partial charge in [0.2, 0.25) is 16.3 Å². The zero-order valence-electron chi connectivity index (χ0n) is 20.6. The number of allylic oxidation sites excluding steroid dienone is 1. The molecule has 0 aliphatic carbocycles. The number of benzene rings is 2. The van der Waals surface area contributed by atoms with E-state index in [9.17, 15) is 23.1 Å². The molecule has 2 atom stereocenters. The molecule has 1 aromatic heterocycles. The van der Waals surface area contributed by atoms with Gasteiger partial charge in [0.05, 0.1) is 36.9 Å². The summed E-state index contributed by atoms with van der Waals surface area (Å²) in [6.07, 6.45) is 1.97. The maximum atomic E-state index is 13.1. The van der Waals surface area contributed by atoms with Crippen LogP contribution < -0.4 is 15.9 Å². The summed E-state index contributed by atoms with van der Waals surface area (Å²) < 4.78 is 49.3. The van der Waals surface area contributed by atoms with Crippen molar-refractivity contribution in [1.82, 2.24) is 4.31 Å². The Morgan fingerprint density at radius 1 is 1.16 bits per heavy atom. The van der Waals surface area contributed by atoms with Crippen LogP contribution in [0.25, 0.3) is 11.0 Å². The number of aliphatic hydroxyl groups excluding tert-OH is 1. The second-order valence-electron chi connectivity index (χ2n) is 8.48. The zero-order chi connectivity index (χ0) is 27.3. The molecule has 38 heavy (non-hydrogen) atoms. The number of nitrogens with two attached hydrogens (primary N) is 1. The van der Waals surface area contributed by atoms with E-state index in [1.165, 1.54) is 43.7 Å². The van der Waals surface area contributed by atoms with Crippen molar-refractivity contribution in [1.29, 1.82) is 0 Å². The Kier molecular flexibility index (Phi) is 8.47. The molecule has 202 valence electrons. The SMILES string of the molecule is COc1ccc(S(=O)(=O)N(CCO)CCO[C@@H]2C[C@H](c3coc4ccccc4c3=O)C=C(C(N)=O)O2)cc1. The molecule has 0 saturated carbocycles. The van der Waals surface area contributed by atoms with Crippen LogP contribution in [0.3, 0.4) is 0 Å². The van der Waals surface area contributed by atoms with E-state index >= 15 is 0 Å². The van der Waals surface area contributed by atoms with Crippen molar-refractivity contribution in [3.63, 3.8) is 0 Å². The van der Waals surface area contributed by atoms with E-state index in [2.05, 4.69) is 0 Å². The van der Waals surface area contributed by atoms with E-state index in [-0.39, 0.29) is 42.2 Å². The molecule has 1 amide bonds. The quantitative estimate of drug-likeness (QED) is 0.366. The lowest BCUT2D eigenvalue weighted by Gasteiger charge is -2.29. The Balaban J connectivity index is 1.49. The van der Waals surface area contributed by atoms with E-state index in [1.807, 2.05) is 0 Å². The van der Waals surface area contributed by atoms with Crippen LogP contribution in [-0.4, -0.2) is 63.4 Å². The number of ether oxygens (including phenoxy) is 3. The molecule has 2 aromatic carbocycles. The second-order valence-corrected chi connectivity index (χ2v) is 10.4. The minimum absolute atomic E-state index is 0.0303. The minimum Gasteiger partial charge on any atom is -0.497 e. The fraction of sp³-hybridized carbons (Fsp3) is 0.308. The number of carbonyl (C=O) groups excluding carboxylic acids is 1. The number of nitrogens with zero attached hydrogens (tertiary/aromatic N) is 1. The number of primary amides is 1. The summed E-state index contributed by atoms with van der Waals surface area (Å²) in [7, 11) is -2.46. The van der Waals surface area contributed by atoms with E-state index in [1.54, 1.807) is 24.3 Å². The molecule has 3 N–H and O–H groups in total. The van der Waals surface area contributed by atoms with Gasteiger partial charge in [-0.1, -0.05) is 12.1 Å². The molecule has 2 heterocycles. The van der Waals surface area contributed by atoms with E-state index in [0.717, 1.165) is 4.31 Å². The first kappa shape index (κ1) is 27.3. The maximum Gasteiger partial charge on any atom is 0.283 e. The Hall–Kier alpha value is -3.71. The molecular formula is C26H28N2O9S. The van der Waals surface area contributed by atoms with Gasteiger partial charge >= 0.3 is 0 Å². The first-order valence-corrected chi connectivity index (χ1v) is 13.2. The molecule has 0 saturated heterocycles. The molecule has 1 aliphatic heterocycles. The van der Waals surface area contributed by atoms with Crippen molar-refractivity contribution in [2.75, 3.05) is 33.4 Å². The van der Waals surface area contributed by atoms with Crippen molar-refractivity contribution < 1.29 is 36.9 Å². The number of para-hydroxylation sites is 1. The van der Waals surface area contributed by atoms with Gasteiger partial charge < -0.3 is 29.5 Å². The van der Waals surface area contributed by atoms with Crippen LogP contribution in [0, 0.1) is 0 Å². The van der Waals surface area contributed by atoms with Gasteiger partial charge in [0, 0.05) is 31.0 Å². The summed E-state index contributed by atoms with van der Waals surface area (Å²) in [5, 5.41) is 9.84. The number of aliphatic hydroxyl groups is 1. The third-order valence-corrected chi connectivity index (χ3v) is 8.01. The lowest BCUT2D eigenvalue weighted by molar-refractivity contribution is -0.144. The number of fused-ring (bicyclic) bond motifs is 1. The number of hydrogen-bond acceptors (Lipinski definition) is 9. The van der Waals surface area contributed by atoms with Crippen LogP contribution in [0.4, 0.5) is 0 Å². The van der Waals surface area contributed by atoms with Crippen molar-refractivity contribution in [3.05, 3.63) is 82.4 Å². The highest BCUT2D eigenvalue weighted by Gasteiger charge is 2.31. The average Bonchev–Trinajstić information content (AvgIpc) is 2.92. The monoisotopic (exact) mass is 544 g/mol. The number of sulfonamides is 1. The van der Waals surface area contributed by atoms with Gasteiger partial charge in [-0.05, 0) is 42.5 Å². The largest absolute Gasteiger partial charge is 0.497 e. The summed E-state index contributed by atoms with van der Waals surface area (Å²) in [6.45, 7) is -0.779. The second kappa shape index (κ2) is 11.8. The lowest BCUT2D eigenvalue weighted by Crippen LogP contribution is -2.38. The Labute approximate surface area is 219 Å². The fourth-order valence-corrected chi connectivity index (χ4v) is 5.56. The van der Waals surface area contributed by atoms with Crippen molar-refractivity contribution in [2.45, 2.75) is 23.5 Å². The number of methoxy groups -OCH3 is 1. The molecule has 11 nitrogen and oxygen atoms in total. The summed E-state index contributed by atoms with van der Waals surface area (Å²) >= 11 is 0. The molecule has 4 rings (SSSR count). The highest BCUT2D eigenvalue weighted by Crippen LogP contribution is 2.31. The Morgan fingerprint density at radius 3 is 2.58 bits per heavy atom. The van der Waals surface area contributed by atoms with Gasteiger partial charge in [-0.3, -0.25) is 9.59 Å². The summed E-state index contributed by atoms with van der Waals surface area (Å²) in [5.74, 6) is -1.09. The van der Waals surface area contributed by atoms with Gasteiger partial charge in [-0.25, -0.2) is 8.42 Å². The van der Waals surface area contributed by atoms with Crippen LogP contribution in [-0.2, 0) is 24.3 Å². The first-order valence-electron chi connectivity index (χ1n) is 11.8. The number of hydrogen-bond donors (Lipinski definition) is 2. The fourth-order valence-electron chi connectivity index (χ4n) is 4.14. The van der Waals surface area contributed by atoms with Crippen molar-refractivity contribution in [3.8, 4) is 5.75 Å². The van der Waals surface area contributed by atoms with E-state index < -0.39 is 34.7 Å². The lowest BCUT2D eigenvalue weighted by atomic mass is 9.93. The molecule has 12 heteroatoms. The molecule has 0 fully saturated rings. The highest BCUT2D eigenvalue weighted by atomic mass is 32.2. The number of carbonyl (C=O) groups is 1. The topological polar surface area (TPSA) is 159 Å². The molecular weight excluding hydrogens is 516 g/mol. The van der Waals surface area contributed by atoms with Gasteiger partial charge in [0.25, 0.3) is 5.91 Å². The van der Waals surface area contributed by atoms with Gasteiger partial charge in [-0.15, -0.1) is 0 Å². The van der Waals surface area contributed by atoms with E-state index in [0.29, 0.717) is 22.3 Å². The summed E-state index contributed by atoms with van der Waals surface area (Å²) in [5.41, 5.74) is 5.93. The van der Waals surface area contributed by atoms with Crippen LogP contribution in [0.15, 0.2) is 80.7 Å². The Morgan fingerprint density at radius 2 is 1.89 bits per heavy atom. The molecule has 1 aliphatic rings. The van der Waals surface area contributed by atoms with Crippen LogP contribution in [0.5, 0.6) is 5.75 Å². The minimum atomic E-state index is -3.94. The predicted octanol–water partition coefficient (Wildman–Crippen LogP) is 1.70. The zero-order valence-corrected chi connectivity index (χ0v) is 21.4. The summed E-state index contributed by atoms with van der Waals surface area (Å²) in [4.78, 5) is 25.0. The molecule has 0 bridgehead atoms. The van der Waals surface area contributed by atoms with Crippen LogP contribution >= 0.6 is 0 Å². The van der Waals surface area contributed by atoms with Gasteiger partial charge in [0.15, 0.2) is 11.2 Å². The maximum absolute atomic E-state index is 13.1. The number of amides is 1.